The number of anilines is 1. The Hall–Kier alpha value is -2.11. The lowest BCUT2D eigenvalue weighted by molar-refractivity contribution is -0.121. The molecule has 0 saturated carbocycles. The van der Waals surface area contributed by atoms with Crippen LogP contribution in [0.2, 0.25) is 0 Å². The molecule has 2 N–H and O–H groups in total. The molecule has 2 aromatic carbocycles. The zero-order valence-corrected chi connectivity index (χ0v) is 15.7. The number of benzene rings is 2. The largest absolute Gasteiger partial charge is 0.402 e. The predicted octanol–water partition coefficient (Wildman–Crippen LogP) is 2.89. The van der Waals surface area contributed by atoms with Crippen molar-refractivity contribution in [2.45, 2.75) is 29.3 Å². The number of halogens is 3. The van der Waals surface area contributed by atoms with Crippen molar-refractivity contribution in [2.24, 2.45) is 0 Å². The first kappa shape index (κ1) is 21.2. The Morgan fingerprint density at radius 2 is 1.30 bits per heavy atom. The lowest BCUT2D eigenvalue weighted by atomic mass is 10.2. The normalized spacial score (nSPS) is 12.7. The number of alkyl halides is 3. The summed E-state index contributed by atoms with van der Waals surface area (Å²) in [5.41, 5.74) is 1.04. The zero-order valence-electron chi connectivity index (χ0n) is 14.1. The van der Waals surface area contributed by atoms with E-state index in [9.17, 15) is 30.0 Å². The Morgan fingerprint density at radius 1 is 0.815 bits per heavy atom. The SMILES string of the molecule is CCc1ccc(S(=O)(=O)Nc2ccc(S(=O)(=O)NCC(F)(F)F)cc2)cc1. The average molecular weight is 422 g/mol. The summed E-state index contributed by atoms with van der Waals surface area (Å²) in [6, 6.07) is 10.6. The van der Waals surface area contributed by atoms with Crippen LogP contribution in [0.4, 0.5) is 18.9 Å². The number of hydrogen-bond acceptors (Lipinski definition) is 4. The molecule has 6 nitrogen and oxygen atoms in total. The van der Waals surface area contributed by atoms with Gasteiger partial charge in [0.15, 0.2) is 0 Å². The van der Waals surface area contributed by atoms with Gasteiger partial charge in [-0.1, -0.05) is 19.1 Å². The van der Waals surface area contributed by atoms with Gasteiger partial charge in [-0.05, 0) is 48.4 Å². The number of rotatable bonds is 7. The van der Waals surface area contributed by atoms with Crippen LogP contribution in [0, 0.1) is 0 Å². The van der Waals surface area contributed by atoms with Gasteiger partial charge in [-0.15, -0.1) is 0 Å². The topological polar surface area (TPSA) is 92.3 Å². The van der Waals surface area contributed by atoms with Gasteiger partial charge in [-0.2, -0.15) is 13.2 Å². The van der Waals surface area contributed by atoms with E-state index in [1.165, 1.54) is 16.9 Å². The van der Waals surface area contributed by atoms with Crippen LogP contribution in [-0.4, -0.2) is 29.6 Å². The van der Waals surface area contributed by atoms with Crippen molar-refractivity contribution in [3.05, 3.63) is 54.1 Å². The van der Waals surface area contributed by atoms with Crippen LogP contribution < -0.4 is 9.44 Å². The molecule has 0 radical (unpaired) electrons. The summed E-state index contributed by atoms with van der Waals surface area (Å²) in [7, 11) is -8.24. The van der Waals surface area contributed by atoms with E-state index < -0.39 is 37.7 Å². The smallest absolute Gasteiger partial charge is 0.280 e. The van der Waals surface area contributed by atoms with Crippen molar-refractivity contribution in [1.29, 1.82) is 0 Å². The summed E-state index contributed by atoms with van der Waals surface area (Å²) < 4.78 is 88.5. The second kappa shape index (κ2) is 7.87. The van der Waals surface area contributed by atoms with Gasteiger partial charge in [-0.3, -0.25) is 4.72 Å². The molecular formula is C16H17F3N2O4S2. The Balaban J connectivity index is 2.14. The molecule has 11 heteroatoms. The second-order valence-electron chi connectivity index (χ2n) is 5.57. The Morgan fingerprint density at radius 3 is 1.78 bits per heavy atom. The fourth-order valence-electron chi connectivity index (χ4n) is 2.08. The van der Waals surface area contributed by atoms with Crippen molar-refractivity contribution in [3.63, 3.8) is 0 Å². The molecule has 0 atom stereocenters. The predicted molar refractivity (Wildman–Crippen MR) is 94.3 cm³/mol. The quantitative estimate of drug-likeness (QED) is 0.718. The molecule has 0 heterocycles. The molecule has 0 aliphatic heterocycles. The summed E-state index contributed by atoms with van der Waals surface area (Å²) in [6.07, 6.45) is -3.93. The van der Waals surface area contributed by atoms with E-state index in [2.05, 4.69) is 4.72 Å². The van der Waals surface area contributed by atoms with Crippen LogP contribution in [0.15, 0.2) is 58.3 Å². The van der Waals surface area contributed by atoms with Gasteiger partial charge < -0.3 is 0 Å². The fraction of sp³-hybridized carbons (Fsp3) is 0.250. The third-order valence-corrected chi connectivity index (χ3v) is 6.34. The maximum absolute atomic E-state index is 12.3. The number of sulfonamides is 2. The highest BCUT2D eigenvalue weighted by atomic mass is 32.2. The van der Waals surface area contributed by atoms with Crippen LogP contribution >= 0.6 is 0 Å². The Bertz CT molecular complexity index is 985. The summed E-state index contributed by atoms with van der Waals surface area (Å²) >= 11 is 0. The second-order valence-corrected chi connectivity index (χ2v) is 9.02. The number of hydrogen-bond donors (Lipinski definition) is 2. The Kier molecular flexibility index (Phi) is 6.17. The molecule has 27 heavy (non-hydrogen) atoms. The van der Waals surface area contributed by atoms with E-state index in [-0.39, 0.29) is 10.6 Å². The molecule has 0 bridgehead atoms. The minimum Gasteiger partial charge on any atom is -0.280 e. The minimum absolute atomic E-state index is 0.0308. The molecule has 0 aliphatic rings. The van der Waals surface area contributed by atoms with Gasteiger partial charge in [-0.25, -0.2) is 21.6 Å². The van der Waals surface area contributed by atoms with E-state index in [4.69, 9.17) is 0 Å². The lowest BCUT2D eigenvalue weighted by Crippen LogP contribution is -2.33. The van der Waals surface area contributed by atoms with Crippen molar-refractivity contribution in [2.75, 3.05) is 11.3 Å². The summed E-state index contributed by atoms with van der Waals surface area (Å²) in [5.74, 6) is 0. The molecule has 0 fully saturated rings. The maximum atomic E-state index is 12.3. The lowest BCUT2D eigenvalue weighted by Gasteiger charge is -2.11. The summed E-state index contributed by atoms with van der Waals surface area (Å²) in [6.45, 7) is 0.235. The minimum atomic E-state index is -4.68. The zero-order chi connectivity index (χ0) is 20.3. The first-order valence-electron chi connectivity index (χ1n) is 7.71. The highest BCUT2D eigenvalue weighted by molar-refractivity contribution is 7.92. The van der Waals surface area contributed by atoms with Gasteiger partial charge in [0.05, 0.1) is 9.79 Å². The molecule has 0 amide bonds. The van der Waals surface area contributed by atoms with Crippen molar-refractivity contribution < 1.29 is 30.0 Å². The van der Waals surface area contributed by atoms with E-state index in [0.29, 0.717) is 0 Å². The van der Waals surface area contributed by atoms with E-state index in [0.717, 1.165) is 36.2 Å². The van der Waals surface area contributed by atoms with Gasteiger partial charge in [0, 0.05) is 5.69 Å². The number of nitrogens with one attached hydrogen (secondary N) is 2. The first-order chi connectivity index (χ1) is 12.4. The van der Waals surface area contributed by atoms with Gasteiger partial charge in [0.2, 0.25) is 10.0 Å². The van der Waals surface area contributed by atoms with Crippen LogP contribution in [0.1, 0.15) is 12.5 Å². The van der Waals surface area contributed by atoms with E-state index in [1.54, 1.807) is 12.1 Å². The molecule has 2 aromatic rings. The van der Waals surface area contributed by atoms with Crippen LogP contribution in [0.5, 0.6) is 0 Å². The molecule has 0 aromatic heterocycles. The van der Waals surface area contributed by atoms with Crippen LogP contribution in [0.3, 0.4) is 0 Å². The third-order valence-electron chi connectivity index (χ3n) is 3.52. The highest BCUT2D eigenvalue weighted by Gasteiger charge is 2.30. The number of aryl methyl sites for hydroxylation is 1. The maximum Gasteiger partial charge on any atom is 0.402 e. The third kappa shape index (κ3) is 5.94. The van der Waals surface area contributed by atoms with E-state index in [1.807, 2.05) is 6.92 Å². The van der Waals surface area contributed by atoms with Gasteiger partial charge >= 0.3 is 6.18 Å². The van der Waals surface area contributed by atoms with Crippen LogP contribution in [0.25, 0.3) is 0 Å². The highest BCUT2D eigenvalue weighted by Crippen LogP contribution is 2.20. The molecule has 0 unspecified atom stereocenters. The van der Waals surface area contributed by atoms with Gasteiger partial charge in [0.25, 0.3) is 10.0 Å². The van der Waals surface area contributed by atoms with Crippen LogP contribution in [-0.2, 0) is 26.5 Å². The van der Waals surface area contributed by atoms with Gasteiger partial charge in [0.1, 0.15) is 6.54 Å². The molecular weight excluding hydrogens is 405 g/mol. The molecule has 2 rings (SSSR count). The van der Waals surface area contributed by atoms with Crippen molar-refractivity contribution in [1.82, 2.24) is 4.72 Å². The standard InChI is InChI=1S/C16H17F3N2O4S2/c1-2-12-3-7-15(8-4-12)27(24,25)21-13-5-9-14(10-6-13)26(22,23)20-11-16(17,18)19/h3-10,20-21H,2,11H2,1H3. The van der Waals surface area contributed by atoms with Crippen molar-refractivity contribution in [3.8, 4) is 0 Å². The summed E-state index contributed by atoms with van der Waals surface area (Å²) in [4.78, 5) is -0.384. The first-order valence-corrected chi connectivity index (χ1v) is 10.7. The molecule has 0 saturated heterocycles. The van der Waals surface area contributed by atoms with E-state index >= 15 is 0 Å². The summed E-state index contributed by atoms with van der Waals surface area (Å²) in [5, 5.41) is 0. The molecule has 0 aliphatic carbocycles. The average Bonchev–Trinajstić information content (AvgIpc) is 2.60. The van der Waals surface area contributed by atoms with Crippen molar-refractivity contribution >= 4 is 25.7 Å². The molecule has 0 spiro atoms. The molecule has 148 valence electrons. The monoisotopic (exact) mass is 422 g/mol. The Labute approximate surface area is 155 Å². The fourth-order valence-corrected chi connectivity index (χ4v) is 4.15.